The second-order valence-electron chi connectivity index (χ2n) is 9.27. The first-order chi connectivity index (χ1) is 20.9. The quantitative estimate of drug-likeness (QED) is 0.212. The van der Waals surface area contributed by atoms with Crippen LogP contribution in [0.4, 0.5) is 21.9 Å². The number of methoxy groups -OCH3 is 2. The van der Waals surface area contributed by atoms with Crippen LogP contribution >= 0.6 is 0 Å². The molecular weight excluding hydrogens is 550 g/mol. The van der Waals surface area contributed by atoms with Gasteiger partial charge < -0.3 is 19.5 Å². The van der Waals surface area contributed by atoms with Crippen LogP contribution in [-0.2, 0) is 14.4 Å². The normalized spacial score (nSPS) is 13.1. The zero-order chi connectivity index (χ0) is 30.3. The van der Waals surface area contributed by atoms with E-state index in [4.69, 9.17) is 14.2 Å². The molecule has 1 aliphatic heterocycles. The van der Waals surface area contributed by atoms with Gasteiger partial charge in [0.2, 0.25) is 0 Å². The van der Waals surface area contributed by atoms with Crippen LogP contribution in [0.25, 0.3) is 6.08 Å². The number of rotatable bonds is 9. The van der Waals surface area contributed by atoms with E-state index in [0.717, 1.165) is 9.80 Å². The van der Waals surface area contributed by atoms with Gasteiger partial charge in [-0.25, -0.2) is 14.6 Å². The summed E-state index contributed by atoms with van der Waals surface area (Å²) in [7, 11) is 2.99. The summed E-state index contributed by atoms with van der Waals surface area (Å²) < 4.78 is 16.3. The van der Waals surface area contributed by atoms with E-state index >= 15 is 0 Å². The number of amides is 5. The standard InChI is InChI=1S/C33H27N3O7/c1-41-26-16-14-23(15-17-26)34-30(37)21-43-28-18-13-22(20-29(28)42-2)19-27-31(38)35(24-9-5-3-6-10-24)33(40)36(32(27)39)25-11-7-4-8-12-25/h3-20H,21H2,1-2H3,(H,34,37). The van der Waals surface area contributed by atoms with E-state index < -0.39 is 17.8 Å². The van der Waals surface area contributed by atoms with E-state index in [1.807, 2.05) is 0 Å². The molecule has 1 fully saturated rings. The minimum atomic E-state index is -0.779. The van der Waals surface area contributed by atoms with Gasteiger partial charge in [0.25, 0.3) is 17.7 Å². The number of imide groups is 2. The molecule has 0 radical (unpaired) electrons. The Balaban J connectivity index is 1.40. The van der Waals surface area contributed by atoms with Crippen LogP contribution in [0.15, 0.2) is 109 Å². The minimum absolute atomic E-state index is 0.220. The lowest BCUT2D eigenvalue weighted by Gasteiger charge is -2.33. The fraction of sp³-hybridized carbons (Fsp3) is 0.0909. The van der Waals surface area contributed by atoms with Gasteiger partial charge in [-0.2, -0.15) is 0 Å². The van der Waals surface area contributed by atoms with Crippen molar-refractivity contribution >= 4 is 46.9 Å². The number of hydrogen-bond acceptors (Lipinski definition) is 7. The molecule has 0 atom stereocenters. The molecular formula is C33H27N3O7. The molecule has 0 spiro atoms. The van der Waals surface area contributed by atoms with Gasteiger partial charge in [0.15, 0.2) is 18.1 Å². The maximum Gasteiger partial charge on any atom is 0.343 e. The van der Waals surface area contributed by atoms with Gasteiger partial charge in [-0.1, -0.05) is 42.5 Å². The Morgan fingerprint density at radius 2 is 1.30 bits per heavy atom. The van der Waals surface area contributed by atoms with Crippen LogP contribution < -0.4 is 29.3 Å². The molecule has 0 unspecified atom stereocenters. The summed E-state index contributed by atoms with van der Waals surface area (Å²) in [6.45, 7) is -0.292. The van der Waals surface area contributed by atoms with Crippen molar-refractivity contribution in [2.45, 2.75) is 0 Å². The molecule has 10 nitrogen and oxygen atoms in total. The molecule has 1 heterocycles. The summed E-state index contributed by atoms with van der Waals surface area (Å²) in [4.78, 5) is 55.0. The predicted molar refractivity (Wildman–Crippen MR) is 161 cm³/mol. The number of para-hydroxylation sites is 2. The molecule has 5 amide bonds. The Bertz CT molecular complexity index is 1620. The number of carbonyl (C=O) groups is 4. The lowest BCUT2D eigenvalue weighted by atomic mass is 10.0. The highest BCUT2D eigenvalue weighted by Gasteiger charge is 2.43. The van der Waals surface area contributed by atoms with Crippen LogP contribution in [0.2, 0.25) is 0 Å². The molecule has 43 heavy (non-hydrogen) atoms. The highest BCUT2D eigenvalue weighted by atomic mass is 16.5. The molecule has 0 saturated carbocycles. The minimum Gasteiger partial charge on any atom is -0.497 e. The maximum absolute atomic E-state index is 13.6. The van der Waals surface area contributed by atoms with Crippen molar-refractivity contribution < 1.29 is 33.4 Å². The van der Waals surface area contributed by atoms with Crippen LogP contribution in [-0.4, -0.2) is 44.6 Å². The number of anilines is 3. The summed E-state index contributed by atoms with van der Waals surface area (Å²) in [5.41, 5.74) is 1.45. The molecule has 4 aromatic rings. The summed E-state index contributed by atoms with van der Waals surface area (Å²) in [5.74, 6) is -0.687. The van der Waals surface area contributed by atoms with Crippen LogP contribution in [0.3, 0.4) is 0 Å². The van der Waals surface area contributed by atoms with Crippen molar-refractivity contribution in [2.75, 3.05) is 35.9 Å². The Labute approximate surface area is 247 Å². The van der Waals surface area contributed by atoms with Gasteiger partial charge >= 0.3 is 6.03 Å². The van der Waals surface area contributed by atoms with Gasteiger partial charge in [0.1, 0.15) is 11.3 Å². The Morgan fingerprint density at radius 3 is 1.84 bits per heavy atom. The highest BCUT2D eigenvalue weighted by Crippen LogP contribution is 2.32. The summed E-state index contributed by atoms with van der Waals surface area (Å²) in [5, 5.41) is 2.73. The number of hydrogen-bond donors (Lipinski definition) is 1. The Kier molecular flexibility index (Phi) is 8.48. The van der Waals surface area contributed by atoms with Gasteiger partial charge in [-0.15, -0.1) is 0 Å². The maximum atomic E-state index is 13.6. The summed E-state index contributed by atoms with van der Waals surface area (Å²) in [6, 6.07) is 27.6. The lowest BCUT2D eigenvalue weighted by molar-refractivity contribution is -0.121. The van der Waals surface area contributed by atoms with E-state index in [1.165, 1.54) is 13.2 Å². The van der Waals surface area contributed by atoms with Crippen molar-refractivity contribution in [3.63, 3.8) is 0 Å². The fourth-order valence-electron chi connectivity index (χ4n) is 4.41. The zero-order valence-electron chi connectivity index (χ0n) is 23.4. The van der Waals surface area contributed by atoms with E-state index in [-0.39, 0.29) is 29.6 Å². The summed E-state index contributed by atoms with van der Waals surface area (Å²) in [6.07, 6.45) is 1.39. The van der Waals surface area contributed by atoms with E-state index in [2.05, 4.69) is 5.32 Å². The monoisotopic (exact) mass is 577 g/mol. The third kappa shape index (κ3) is 6.23. The largest absolute Gasteiger partial charge is 0.497 e. The van der Waals surface area contributed by atoms with Crippen molar-refractivity contribution in [3.05, 3.63) is 114 Å². The molecule has 1 aliphatic rings. The number of nitrogens with one attached hydrogen (secondary N) is 1. The molecule has 0 aliphatic carbocycles. The number of nitrogens with zero attached hydrogens (tertiary/aromatic N) is 2. The lowest BCUT2D eigenvalue weighted by Crippen LogP contribution is -2.57. The molecule has 10 heteroatoms. The number of benzene rings is 4. The SMILES string of the molecule is COc1ccc(NC(=O)COc2ccc(C=C3C(=O)N(c4ccccc4)C(=O)N(c4ccccc4)C3=O)cc2OC)cc1. The van der Waals surface area contributed by atoms with Crippen LogP contribution in [0, 0.1) is 0 Å². The van der Waals surface area contributed by atoms with Gasteiger partial charge in [-0.05, 0) is 72.3 Å². The second-order valence-corrected chi connectivity index (χ2v) is 9.27. The first-order valence-corrected chi connectivity index (χ1v) is 13.2. The van der Waals surface area contributed by atoms with Crippen LogP contribution in [0.5, 0.6) is 17.2 Å². The second kappa shape index (κ2) is 12.7. The van der Waals surface area contributed by atoms with Gasteiger partial charge in [-0.3, -0.25) is 14.4 Å². The van der Waals surface area contributed by atoms with Crippen molar-refractivity contribution in [3.8, 4) is 17.2 Å². The van der Waals surface area contributed by atoms with Gasteiger partial charge in [0.05, 0.1) is 25.6 Å². The number of urea groups is 1. The molecule has 4 aromatic carbocycles. The van der Waals surface area contributed by atoms with Gasteiger partial charge in [0, 0.05) is 5.69 Å². The third-order valence-corrected chi connectivity index (χ3v) is 6.51. The molecule has 1 saturated heterocycles. The third-order valence-electron chi connectivity index (χ3n) is 6.51. The molecule has 1 N–H and O–H groups in total. The topological polar surface area (TPSA) is 114 Å². The first-order valence-electron chi connectivity index (χ1n) is 13.2. The number of ether oxygens (including phenoxy) is 3. The van der Waals surface area contributed by atoms with Crippen molar-refractivity contribution in [1.29, 1.82) is 0 Å². The van der Waals surface area contributed by atoms with Crippen molar-refractivity contribution in [1.82, 2.24) is 0 Å². The zero-order valence-corrected chi connectivity index (χ0v) is 23.4. The molecule has 5 rings (SSSR count). The summed E-state index contributed by atoms with van der Waals surface area (Å²) >= 11 is 0. The number of carbonyl (C=O) groups excluding carboxylic acids is 4. The molecule has 216 valence electrons. The molecule has 0 aromatic heterocycles. The highest BCUT2D eigenvalue weighted by molar-refractivity contribution is 6.46. The first kappa shape index (κ1) is 28.6. The smallest absolute Gasteiger partial charge is 0.343 e. The number of barbiturate groups is 1. The average molecular weight is 578 g/mol. The van der Waals surface area contributed by atoms with E-state index in [9.17, 15) is 19.2 Å². The van der Waals surface area contributed by atoms with E-state index in [1.54, 1.807) is 110 Å². The molecule has 0 bridgehead atoms. The fourth-order valence-corrected chi connectivity index (χ4v) is 4.41. The van der Waals surface area contributed by atoms with Crippen molar-refractivity contribution in [2.24, 2.45) is 0 Å². The Hall–Kier alpha value is -5.90. The Morgan fingerprint density at radius 1 is 0.721 bits per heavy atom. The predicted octanol–water partition coefficient (Wildman–Crippen LogP) is 5.30. The average Bonchev–Trinajstić information content (AvgIpc) is 3.03. The van der Waals surface area contributed by atoms with Crippen LogP contribution in [0.1, 0.15) is 5.56 Å². The van der Waals surface area contributed by atoms with E-state index in [0.29, 0.717) is 28.4 Å².